The highest BCUT2D eigenvalue weighted by molar-refractivity contribution is 6.32. The van der Waals surface area contributed by atoms with Crippen LogP contribution in [0.3, 0.4) is 0 Å². The first-order chi connectivity index (χ1) is 15.2. The van der Waals surface area contributed by atoms with E-state index in [0.717, 1.165) is 53.5 Å². The highest BCUT2D eigenvalue weighted by Crippen LogP contribution is 2.24. The van der Waals surface area contributed by atoms with Crippen LogP contribution in [0.5, 0.6) is 17.2 Å². The second-order valence-corrected chi connectivity index (χ2v) is 7.53. The number of benzene rings is 3. The molecule has 0 fully saturated rings. The van der Waals surface area contributed by atoms with Crippen LogP contribution in [0.1, 0.15) is 18.7 Å². The van der Waals surface area contributed by atoms with Crippen molar-refractivity contribution in [3.8, 4) is 17.2 Å². The number of hydrogen-bond acceptors (Lipinski definition) is 4. The molecule has 0 bridgehead atoms. The van der Waals surface area contributed by atoms with Crippen LogP contribution in [0.2, 0.25) is 5.02 Å². The van der Waals surface area contributed by atoms with Gasteiger partial charge < -0.3 is 18.8 Å². The van der Waals surface area contributed by atoms with Gasteiger partial charge in [-0.2, -0.15) is 0 Å². The van der Waals surface area contributed by atoms with E-state index in [4.69, 9.17) is 30.8 Å². The van der Waals surface area contributed by atoms with Crippen molar-refractivity contribution in [3.05, 3.63) is 83.6 Å². The standard InChI is InChI=1S/C25H25ClN2O3/c1-29-19-12-14-20(15-13-19)31-18-25-27-22-9-3-4-10-23(22)28(25)16-6-7-17-30-24-11-5-2-8-21(24)26/h2-5,8-15H,6-7,16-18H2,1H3. The molecule has 4 aromatic rings. The van der Waals surface area contributed by atoms with Crippen LogP contribution in [0.25, 0.3) is 11.0 Å². The van der Waals surface area contributed by atoms with Gasteiger partial charge in [-0.15, -0.1) is 0 Å². The monoisotopic (exact) mass is 436 g/mol. The zero-order valence-electron chi connectivity index (χ0n) is 17.5. The SMILES string of the molecule is COc1ccc(OCc2nc3ccccc3n2CCCCOc2ccccc2Cl)cc1. The van der Waals surface area contributed by atoms with Gasteiger partial charge in [-0.25, -0.2) is 4.98 Å². The lowest BCUT2D eigenvalue weighted by Gasteiger charge is -2.12. The molecule has 160 valence electrons. The van der Waals surface area contributed by atoms with Gasteiger partial charge in [-0.3, -0.25) is 0 Å². The number of halogens is 1. The third kappa shape index (κ3) is 5.30. The van der Waals surface area contributed by atoms with Crippen molar-refractivity contribution >= 4 is 22.6 Å². The molecule has 0 amide bonds. The lowest BCUT2D eigenvalue weighted by Crippen LogP contribution is -2.09. The van der Waals surface area contributed by atoms with Crippen molar-refractivity contribution < 1.29 is 14.2 Å². The minimum Gasteiger partial charge on any atom is -0.497 e. The summed E-state index contributed by atoms with van der Waals surface area (Å²) < 4.78 is 19.2. The smallest absolute Gasteiger partial charge is 0.147 e. The molecule has 5 nitrogen and oxygen atoms in total. The van der Waals surface area contributed by atoms with E-state index in [-0.39, 0.29) is 0 Å². The fourth-order valence-electron chi connectivity index (χ4n) is 3.42. The zero-order valence-corrected chi connectivity index (χ0v) is 18.2. The average molecular weight is 437 g/mol. The van der Waals surface area contributed by atoms with E-state index < -0.39 is 0 Å². The Labute approximate surface area is 187 Å². The minimum absolute atomic E-state index is 0.400. The van der Waals surface area contributed by atoms with Gasteiger partial charge in [0.1, 0.15) is 29.7 Å². The van der Waals surface area contributed by atoms with Gasteiger partial charge in [-0.1, -0.05) is 35.9 Å². The summed E-state index contributed by atoms with van der Waals surface area (Å²) in [5, 5.41) is 0.640. The molecule has 0 saturated carbocycles. The summed E-state index contributed by atoms with van der Waals surface area (Å²) >= 11 is 6.15. The van der Waals surface area contributed by atoms with E-state index in [9.17, 15) is 0 Å². The first-order valence-corrected chi connectivity index (χ1v) is 10.7. The summed E-state index contributed by atoms with van der Waals surface area (Å²) in [4.78, 5) is 4.78. The Hall–Kier alpha value is -3.18. The van der Waals surface area contributed by atoms with Crippen LogP contribution >= 0.6 is 11.6 Å². The van der Waals surface area contributed by atoms with E-state index in [1.165, 1.54) is 0 Å². The maximum Gasteiger partial charge on any atom is 0.147 e. The zero-order chi connectivity index (χ0) is 21.5. The van der Waals surface area contributed by atoms with Crippen LogP contribution in [0.4, 0.5) is 0 Å². The minimum atomic E-state index is 0.400. The summed E-state index contributed by atoms with van der Waals surface area (Å²) in [6.45, 7) is 1.86. The van der Waals surface area contributed by atoms with Crippen molar-refractivity contribution in [1.29, 1.82) is 0 Å². The highest BCUT2D eigenvalue weighted by Gasteiger charge is 2.11. The first-order valence-electron chi connectivity index (χ1n) is 10.3. The number of aryl methyl sites for hydroxylation is 1. The topological polar surface area (TPSA) is 45.5 Å². The highest BCUT2D eigenvalue weighted by atomic mass is 35.5. The molecule has 0 unspecified atom stereocenters. The van der Waals surface area contributed by atoms with Gasteiger partial charge in [-0.05, 0) is 61.4 Å². The molecule has 31 heavy (non-hydrogen) atoms. The molecule has 3 aromatic carbocycles. The van der Waals surface area contributed by atoms with E-state index in [1.807, 2.05) is 66.7 Å². The van der Waals surface area contributed by atoms with Gasteiger partial charge in [0, 0.05) is 6.54 Å². The van der Waals surface area contributed by atoms with E-state index in [1.54, 1.807) is 7.11 Å². The Bertz CT molecular complexity index is 1130. The third-order valence-electron chi connectivity index (χ3n) is 5.03. The Morgan fingerprint density at radius 2 is 1.58 bits per heavy atom. The maximum absolute atomic E-state index is 6.15. The van der Waals surface area contributed by atoms with Crippen LogP contribution in [0.15, 0.2) is 72.8 Å². The second kappa shape index (κ2) is 10.2. The molecule has 0 radical (unpaired) electrons. The van der Waals surface area contributed by atoms with Crippen LogP contribution < -0.4 is 14.2 Å². The van der Waals surface area contributed by atoms with Crippen LogP contribution in [0, 0.1) is 0 Å². The van der Waals surface area contributed by atoms with Gasteiger partial charge in [0.2, 0.25) is 0 Å². The van der Waals surface area contributed by atoms with Crippen molar-refractivity contribution in [2.75, 3.05) is 13.7 Å². The molecule has 0 aliphatic heterocycles. The molecular weight excluding hydrogens is 412 g/mol. The third-order valence-corrected chi connectivity index (χ3v) is 5.34. The summed E-state index contributed by atoms with van der Waals surface area (Å²) in [6, 6.07) is 23.3. The number of hydrogen-bond donors (Lipinski definition) is 0. The lowest BCUT2D eigenvalue weighted by molar-refractivity contribution is 0.284. The number of unbranched alkanes of at least 4 members (excludes halogenated alkanes) is 1. The molecule has 6 heteroatoms. The van der Waals surface area contributed by atoms with Gasteiger partial charge in [0.05, 0.1) is 29.8 Å². The van der Waals surface area contributed by atoms with Gasteiger partial charge >= 0.3 is 0 Å². The Balaban J connectivity index is 1.38. The molecule has 0 spiro atoms. The summed E-state index contributed by atoms with van der Waals surface area (Å²) in [5.74, 6) is 3.22. The van der Waals surface area contributed by atoms with E-state index >= 15 is 0 Å². The Morgan fingerprint density at radius 3 is 2.39 bits per heavy atom. The largest absolute Gasteiger partial charge is 0.497 e. The molecule has 4 rings (SSSR count). The number of para-hydroxylation sites is 3. The Morgan fingerprint density at radius 1 is 0.839 bits per heavy atom. The fraction of sp³-hybridized carbons (Fsp3) is 0.240. The number of imidazole rings is 1. The van der Waals surface area contributed by atoms with E-state index in [0.29, 0.717) is 18.2 Å². The number of nitrogens with zero attached hydrogens (tertiary/aromatic N) is 2. The number of methoxy groups -OCH3 is 1. The molecule has 1 heterocycles. The second-order valence-electron chi connectivity index (χ2n) is 7.12. The molecule has 0 aliphatic carbocycles. The van der Waals surface area contributed by atoms with Gasteiger partial charge in [0.25, 0.3) is 0 Å². The predicted octanol–water partition coefficient (Wildman–Crippen LogP) is 6.14. The molecule has 0 atom stereocenters. The number of aromatic nitrogens is 2. The summed E-state index contributed by atoms with van der Waals surface area (Å²) in [5.41, 5.74) is 2.09. The Kier molecular flexibility index (Phi) is 6.95. The van der Waals surface area contributed by atoms with Crippen LogP contribution in [-0.4, -0.2) is 23.3 Å². The van der Waals surface area contributed by atoms with Crippen molar-refractivity contribution in [1.82, 2.24) is 9.55 Å². The molecule has 1 aromatic heterocycles. The molecule has 0 N–H and O–H groups in total. The average Bonchev–Trinajstić information content (AvgIpc) is 3.16. The molecule has 0 saturated heterocycles. The van der Waals surface area contributed by atoms with Crippen molar-refractivity contribution in [2.24, 2.45) is 0 Å². The number of rotatable bonds is 10. The predicted molar refractivity (Wildman–Crippen MR) is 123 cm³/mol. The first kappa shape index (κ1) is 21.1. The molecular formula is C25H25ClN2O3. The van der Waals surface area contributed by atoms with Crippen molar-refractivity contribution in [3.63, 3.8) is 0 Å². The summed E-state index contributed by atoms with van der Waals surface area (Å²) in [7, 11) is 1.65. The normalized spacial score (nSPS) is 10.9. The summed E-state index contributed by atoms with van der Waals surface area (Å²) in [6.07, 6.45) is 1.87. The maximum atomic E-state index is 6.15. The van der Waals surface area contributed by atoms with Crippen LogP contribution in [-0.2, 0) is 13.2 Å². The lowest BCUT2D eigenvalue weighted by atomic mass is 10.3. The fourth-order valence-corrected chi connectivity index (χ4v) is 3.61. The van der Waals surface area contributed by atoms with Crippen molar-refractivity contribution in [2.45, 2.75) is 26.0 Å². The number of ether oxygens (including phenoxy) is 3. The quantitative estimate of drug-likeness (QED) is 0.280. The van der Waals surface area contributed by atoms with E-state index in [2.05, 4.69) is 10.6 Å². The molecule has 0 aliphatic rings. The number of fused-ring (bicyclic) bond motifs is 1. The van der Waals surface area contributed by atoms with Gasteiger partial charge in [0.15, 0.2) is 0 Å².